The lowest BCUT2D eigenvalue weighted by molar-refractivity contribution is 0.0162. The molecular formula is C20H23BrN2O2. The van der Waals surface area contributed by atoms with E-state index >= 15 is 0 Å². The summed E-state index contributed by atoms with van der Waals surface area (Å²) in [6.07, 6.45) is 0. The number of benzene rings is 2. The molecule has 132 valence electrons. The van der Waals surface area contributed by atoms with Crippen molar-refractivity contribution < 1.29 is 9.53 Å². The lowest BCUT2D eigenvalue weighted by Gasteiger charge is -2.35. The van der Waals surface area contributed by atoms with Gasteiger partial charge in [-0.2, -0.15) is 0 Å². The van der Waals surface area contributed by atoms with Crippen molar-refractivity contribution in [3.05, 3.63) is 69.7 Å². The topological polar surface area (TPSA) is 41.6 Å². The van der Waals surface area contributed by atoms with Gasteiger partial charge in [0, 0.05) is 24.1 Å². The van der Waals surface area contributed by atoms with E-state index in [0.717, 1.165) is 30.8 Å². The Balaban J connectivity index is 1.74. The molecule has 1 atom stereocenters. The lowest BCUT2D eigenvalue weighted by Crippen LogP contribution is -2.43. The van der Waals surface area contributed by atoms with Crippen LogP contribution in [-0.4, -0.2) is 43.7 Å². The van der Waals surface area contributed by atoms with Crippen LogP contribution in [-0.2, 0) is 4.74 Å². The fraction of sp³-hybridized carbons (Fsp3) is 0.350. The predicted molar refractivity (Wildman–Crippen MR) is 103 cm³/mol. The van der Waals surface area contributed by atoms with Crippen LogP contribution in [0.1, 0.15) is 27.5 Å². The Hall–Kier alpha value is -1.69. The first-order valence-corrected chi connectivity index (χ1v) is 9.35. The second-order valence-corrected chi connectivity index (χ2v) is 7.12. The molecule has 0 saturated carbocycles. The third-order valence-corrected chi connectivity index (χ3v) is 5.21. The first-order valence-electron chi connectivity index (χ1n) is 8.56. The van der Waals surface area contributed by atoms with E-state index in [9.17, 15) is 4.79 Å². The summed E-state index contributed by atoms with van der Waals surface area (Å²) >= 11 is 3.45. The third-order valence-electron chi connectivity index (χ3n) is 4.52. The van der Waals surface area contributed by atoms with Crippen molar-refractivity contribution >= 4 is 21.8 Å². The maximum atomic E-state index is 12.6. The highest BCUT2D eigenvalue weighted by Crippen LogP contribution is 2.22. The number of aryl methyl sites for hydroxylation is 1. The van der Waals surface area contributed by atoms with Crippen molar-refractivity contribution in [3.63, 3.8) is 0 Å². The largest absolute Gasteiger partial charge is 0.379 e. The minimum atomic E-state index is -0.0575. The monoisotopic (exact) mass is 402 g/mol. The van der Waals surface area contributed by atoms with E-state index in [4.69, 9.17) is 4.74 Å². The molecule has 0 bridgehead atoms. The Morgan fingerprint density at radius 1 is 1.16 bits per heavy atom. The smallest absolute Gasteiger partial charge is 0.252 e. The summed E-state index contributed by atoms with van der Waals surface area (Å²) in [4.78, 5) is 14.9. The van der Waals surface area contributed by atoms with Crippen molar-refractivity contribution in [2.75, 3.05) is 32.8 Å². The average molecular weight is 403 g/mol. The Labute approximate surface area is 157 Å². The Morgan fingerprint density at radius 2 is 1.84 bits per heavy atom. The van der Waals surface area contributed by atoms with Gasteiger partial charge in [0.25, 0.3) is 5.91 Å². The molecule has 5 heteroatoms. The molecule has 1 amide bonds. The molecule has 0 spiro atoms. The van der Waals surface area contributed by atoms with Crippen LogP contribution in [0.4, 0.5) is 0 Å². The molecule has 0 aromatic heterocycles. The fourth-order valence-electron chi connectivity index (χ4n) is 3.07. The number of amides is 1. The van der Waals surface area contributed by atoms with Gasteiger partial charge in [-0.25, -0.2) is 0 Å². The van der Waals surface area contributed by atoms with Gasteiger partial charge in [0.1, 0.15) is 0 Å². The van der Waals surface area contributed by atoms with Gasteiger partial charge in [-0.3, -0.25) is 9.69 Å². The molecule has 0 radical (unpaired) electrons. The number of rotatable bonds is 5. The van der Waals surface area contributed by atoms with Crippen LogP contribution in [0.2, 0.25) is 0 Å². The van der Waals surface area contributed by atoms with Crippen molar-refractivity contribution in [3.8, 4) is 0 Å². The number of carbonyl (C=O) groups is 1. The third kappa shape index (κ3) is 4.69. The standard InChI is InChI=1S/C20H23BrN2O2/c1-15-6-8-16(9-7-15)19(23-10-12-25-13-11-23)14-22-20(24)17-4-2-3-5-18(17)21/h2-9,19H,10-14H2,1H3,(H,22,24)/t19-/m0/s1. The van der Waals surface area contributed by atoms with Gasteiger partial charge in [-0.05, 0) is 40.5 Å². The van der Waals surface area contributed by atoms with Gasteiger partial charge >= 0.3 is 0 Å². The SMILES string of the molecule is Cc1ccc([C@H](CNC(=O)c2ccccc2Br)N2CCOCC2)cc1. The van der Waals surface area contributed by atoms with Gasteiger partial charge in [-0.1, -0.05) is 42.0 Å². The van der Waals surface area contributed by atoms with E-state index in [1.807, 2.05) is 24.3 Å². The Morgan fingerprint density at radius 3 is 2.52 bits per heavy atom. The number of morpholine rings is 1. The van der Waals surface area contributed by atoms with Crippen LogP contribution in [0.15, 0.2) is 53.0 Å². The van der Waals surface area contributed by atoms with E-state index < -0.39 is 0 Å². The van der Waals surface area contributed by atoms with E-state index in [1.165, 1.54) is 11.1 Å². The second-order valence-electron chi connectivity index (χ2n) is 6.26. The number of ether oxygens (including phenoxy) is 1. The zero-order valence-corrected chi connectivity index (χ0v) is 16.0. The van der Waals surface area contributed by atoms with Crippen molar-refractivity contribution in [1.29, 1.82) is 0 Å². The summed E-state index contributed by atoms with van der Waals surface area (Å²) < 4.78 is 6.29. The first-order chi connectivity index (χ1) is 12.1. The second kappa shape index (κ2) is 8.61. The normalized spacial score (nSPS) is 16.4. The quantitative estimate of drug-likeness (QED) is 0.830. The number of halogens is 1. The van der Waals surface area contributed by atoms with E-state index in [-0.39, 0.29) is 11.9 Å². The van der Waals surface area contributed by atoms with Crippen LogP contribution in [0.5, 0.6) is 0 Å². The molecular weight excluding hydrogens is 380 g/mol. The molecule has 3 rings (SSSR count). The van der Waals surface area contributed by atoms with Gasteiger partial charge in [-0.15, -0.1) is 0 Å². The highest BCUT2D eigenvalue weighted by molar-refractivity contribution is 9.10. The number of hydrogen-bond acceptors (Lipinski definition) is 3. The maximum Gasteiger partial charge on any atom is 0.252 e. The number of hydrogen-bond donors (Lipinski definition) is 1. The first kappa shape index (κ1) is 18.1. The van der Waals surface area contributed by atoms with Crippen LogP contribution < -0.4 is 5.32 Å². The minimum Gasteiger partial charge on any atom is -0.379 e. The van der Waals surface area contributed by atoms with E-state index in [1.54, 1.807) is 0 Å². The van der Waals surface area contributed by atoms with Crippen LogP contribution >= 0.6 is 15.9 Å². The molecule has 4 nitrogen and oxygen atoms in total. The molecule has 2 aromatic rings. The van der Waals surface area contributed by atoms with Crippen LogP contribution in [0.3, 0.4) is 0 Å². The Kier molecular flexibility index (Phi) is 6.24. The highest BCUT2D eigenvalue weighted by Gasteiger charge is 2.23. The zero-order valence-electron chi connectivity index (χ0n) is 14.4. The van der Waals surface area contributed by atoms with Crippen molar-refractivity contribution in [1.82, 2.24) is 10.2 Å². The molecule has 25 heavy (non-hydrogen) atoms. The number of nitrogens with zero attached hydrogens (tertiary/aromatic N) is 1. The maximum absolute atomic E-state index is 12.6. The summed E-state index contributed by atoms with van der Waals surface area (Å²) in [5, 5.41) is 3.10. The summed E-state index contributed by atoms with van der Waals surface area (Å²) in [6.45, 7) is 5.89. The summed E-state index contributed by atoms with van der Waals surface area (Å²) in [7, 11) is 0. The zero-order chi connectivity index (χ0) is 17.6. The van der Waals surface area contributed by atoms with Gasteiger partial charge < -0.3 is 10.1 Å². The van der Waals surface area contributed by atoms with E-state index in [0.29, 0.717) is 12.1 Å². The molecule has 1 N–H and O–H groups in total. The summed E-state index contributed by atoms with van der Waals surface area (Å²) in [5.74, 6) is -0.0575. The molecule has 1 aliphatic heterocycles. The lowest BCUT2D eigenvalue weighted by atomic mass is 10.0. The van der Waals surface area contributed by atoms with Gasteiger partial charge in [0.15, 0.2) is 0 Å². The molecule has 1 aliphatic rings. The molecule has 0 aliphatic carbocycles. The molecule has 2 aromatic carbocycles. The van der Waals surface area contributed by atoms with Crippen molar-refractivity contribution in [2.45, 2.75) is 13.0 Å². The molecule has 1 fully saturated rings. The molecule has 1 heterocycles. The molecule has 1 saturated heterocycles. The average Bonchev–Trinajstić information content (AvgIpc) is 2.64. The van der Waals surface area contributed by atoms with Gasteiger partial charge in [0.2, 0.25) is 0 Å². The fourth-order valence-corrected chi connectivity index (χ4v) is 3.53. The number of carbonyl (C=O) groups excluding carboxylic acids is 1. The van der Waals surface area contributed by atoms with Crippen molar-refractivity contribution in [2.24, 2.45) is 0 Å². The van der Waals surface area contributed by atoms with Crippen LogP contribution in [0.25, 0.3) is 0 Å². The summed E-state index contributed by atoms with van der Waals surface area (Å²) in [5.41, 5.74) is 3.12. The predicted octanol–water partition coefficient (Wildman–Crippen LogP) is 3.56. The highest BCUT2D eigenvalue weighted by atomic mass is 79.9. The molecule has 0 unspecified atom stereocenters. The van der Waals surface area contributed by atoms with E-state index in [2.05, 4.69) is 57.3 Å². The van der Waals surface area contributed by atoms with Crippen LogP contribution in [0, 0.1) is 6.92 Å². The van der Waals surface area contributed by atoms with Gasteiger partial charge in [0.05, 0.1) is 24.8 Å². The number of nitrogens with one attached hydrogen (secondary N) is 1. The Bertz CT molecular complexity index is 712. The minimum absolute atomic E-state index is 0.0575. The summed E-state index contributed by atoms with van der Waals surface area (Å²) in [6, 6.07) is 16.2.